The molecule has 0 aromatic carbocycles. The second kappa shape index (κ2) is 3.22. The summed E-state index contributed by atoms with van der Waals surface area (Å²) in [7, 11) is 0. The molecule has 0 unspecified atom stereocenters. The zero-order chi connectivity index (χ0) is 10.8. The summed E-state index contributed by atoms with van der Waals surface area (Å²) in [6, 6.07) is 1.75. The van der Waals surface area contributed by atoms with Crippen molar-refractivity contribution in [1.82, 2.24) is 24.7 Å². The molecule has 74 valence electrons. The van der Waals surface area contributed by atoms with Crippen molar-refractivity contribution in [3.63, 3.8) is 0 Å². The first kappa shape index (κ1) is 8.89. The highest BCUT2D eigenvalue weighted by Crippen LogP contribution is 2.05. The summed E-state index contributed by atoms with van der Waals surface area (Å²) < 4.78 is 1.17. The fraction of sp³-hybridized carbons (Fsp3) is 0. The van der Waals surface area contributed by atoms with E-state index < -0.39 is 5.56 Å². The van der Waals surface area contributed by atoms with Crippen molar-refractivity contribution in [1.29, 1.82) is 5.26 Å². The van der Waals surface area contributed by atoms with E-state index in [-0.39, 0.29) is 17.3 Å². The van der Waals surface area contributed by atoms with Crippen molar-refractivity contribution < 1.29 is 0 Å². The standard InChI is InChI=1S/C7H5N7O/c8-1-4-12-3-14(13-4)6-5(9)7(15)11-2-10-6/h2-3H,9H2,(H,10,11,15). The SMILES string of the molecule is N#Cc1ncn(-c2nc[nH]c(=O)c2N)n1. The van der Waals surface area contributed by atoms with Crippen LogP contribution in [0.4, 0.5) is 5.69 Å². The molecular formula is C7H5N7O. The highest BCUT2D eigenvalue weighted by molar-refractivity contribution is 5.49. The first-order valence-electron chi connectivity index (χ1n) is 3.87. The van der Waals surface area contributed by atoms with Gasteiger partial charge in [0.05, 0.1) is 6.33 Å². The summed E-state index contributed by atoms with van der Waals surface area (Å²) in [6.07, 6.45) is 2.46. The van der Waals surface area contributed by atoms with Crippen LogP contribution >= 0.6 is 0 Å². The lowest BCUT2D eigenvalue weighted by Crippen LogP contribution is -2.16. The van der Waals surface area contributed by atoms with Crippen molar-refractivity contribution >= 4 is 5.69 Å². The second-order valence-corrected chi connectivity index (χ2v) is 2.59. The number of hydrogen-bond acceptors (Lipinski definition) is 6. The Balaban J connectivity index is 2.60. The molecule has 8 heteroatoms. The van der Waals surface area contributed by atoms with Gasteiger partial charge in [0.15, 0.2) is 5.82 Å². The lowest BCUT2D eigenvalue weighted by molar-refractivity contribution is 0.833. The third-order valence-corrected chi connectivity index (χ3v) is 1.68. The molecule has 0 amide bonds. The molecule has 15 heavy (non-hydrogen) atoms. The Hall–Kier alpha value is -2.69. The van der Waals surface area contributed by atoms with E-state index in [0.29, 0.717) is 0 Å². The summed E-state index contributed by atoms with van der Waals surface area (Å²) in [4.78, 5) is 20.9. The monoisotopic (exact) mass is 203 g/mol. The van der Waals surface area contributed by atoms with E-state index in [1.165, 1.54) is 17.3 Å². The molecule has 0 spiro atoms. The van der Waals surface area contributed by atoms with Crippen LogP contribution in [0.2, 0.25) is 0 Å². The number of nitrogen functional groups attached to an aromatic ring is 1. The van der Waals surface area contributed by atoms with Crippen LogP contribution in [0.25, 0.3) is 5.82 Å². The Morgan fingerprint density at radius 3 is 3.00 bits per heavy atom. The van der Waals surface area contributed by atoms with Gasteiger partial charge in [-0.05, 0) is 0 Å². The Morgan fingerprint density at radius 2 is 2.33 bits per heavy atom. The van der Waals surface area contributed by atoms with E-state index in [0.717, 1.165) is 0 Å². The molecule has 2 aromatic heterocycles. The quantitative estimate of drug-likeness (QED) is 0.599. The van der Waals surface area contributed by atoms with Crippen molar-refractivity contribution in [2.75, 3.05) is 5.73 Å². The van der Waals surface area contributed by atoms with Gasteiger partial charge in [0.2, 0.25) is 0 Å². The minimum Gasteiger partial charge on any atom is -0.391 e. The molecule has 0 fully saturated rings. The number of aromatic nitrogens is 5. The first-order chi connectivity index (χ1) is 7.22. The maximum absolute atomic E-state index is 11.1. The largest absolute Gasteiger partial charge is 0.391 e. The van der Waals surface area contributed by atoms with Crippen molar-refractivity contribution in [3.8, 4) is 11.9 Å². The summed E-state index contributed by atoms with van der Waals surface area (Å²) in [5.74, 6) is 0.129. The zero-order valence-electron chi connectivity index (χ0n) is 7.38. The summed E-state index contributed by atoms with van der Waals surface area (Å²) in [5, 5.41) is 12.3. The summed E-state index contributed by atoms with van der Waals surface area (Å²) >= 11 is 0. The van der Waals surface area contributed by atoms with E-state index in [2.05, 4.69) is 20.1 Å². The van der Waals surface area contributed by atoms with Gasteiger partial charge in [-0.1, -0.05) is 0 Å². The lowest BCUT2D eigenvalue weighted by Gasteiger charge is -2.00. The topological polar surface area (TPSA) is 126 Å². The average molecular weight is 203 g/mol. The maximum atomic E-state index is 11.1. The van der Waals surface area contributed by atoms with E-state index >= 15 is 0 Å². The van der Waals surface area contributed by atoms with Crippen molar-refractivity contribution in [2.24, 2.45) is 0 Å². The zero-order valence-corrected chi connectivity index (χ0v) is 7.38. The van der Waals surface area contributed by atoms with Crippen LogP contribution in [-0.2, 0) is 0 Å². The molecule has 0 radical (unpaired) electrons. The molecule has 0 aliphatic carbocycles. The predicted octanol–water partition coefficient (Wildman–Crippen LogP) is -1.20. The number of anilines is 1. The van der Waals surface area contributed by atoms with Gasteiger partial charge in [-0.3, -0.25) is 4.79 Å². The average Bonchev–Trinajstić information content (AvgIpc) is 2.70. The molecule has 2 heterocycles. The van der Waals surface area contributed by atoms with E-state index in [9.17, 15) is 4.79 Å². The molecule has 0 aliphatic heterocycles. The number of rotatable bonds is 1. The number of hydrogen-bond donors (Lipinski definition) is 2. The molecular weight excluding hydrogens is 198 g/mol. The fourth-order valence-electron chi connectivity index (χ4n) is 1.000. The minimum absolute atomic E-state index is 0.0171. The molecule has 3 N–H and O–H groups in total. The highest BCUT2D eigenvalue weighted by Gasteiger charge is 2.08. The third-order valence-electron chi connectivity index (χ3n) is 1.68. The Morgan fingerprint density at radius 1 is 1.53 bits per heavy atom. The van der Waals surface area contributed by atoms with E-state index in [1.54, 1.807) is 6.07 Å². The normalized spacial score (nSPS) is 9.80. The molecule has 8 nitrogen and oxygen atoms in total. The Kier molecular flexibility index (Phi) is 1.91. The van der Waals surface area contributed by atoms with Gasteiger partial charge in [-0.25, -0.2) is 9.97 Å². The summed E-state index contributed by atoms with van der Waals surface area (Å²) in [6.45, 7) is 0. The number of nitriles is 1. The van der Waals surface area contributed by atoms with Gasteiger partial charge >= 0.3 is 0 Å². The molecule has 0 bridgehead atoms. The van der Waals surface area contributed by atoms with Gasteiger partial charge in [0.25, 0.3) is 11.4 Å². The predicted molar refractivity (Wildman–Crippen MR) is 48.9 cm³/mol. The number of H-pyrrole nitrogens is 1. The van der Waals surface area contributed by atoms with Crippen LogP contribution in [0.3, 0.4) is 0 Å². The smallest absolute Gasteiger partial charge is 0.276 e. The van der Waals surface area contributed by atoms with Crippen LogP contribution in [0.15, 0.2) is 17.4 Å². The van der Waals surface area contributed by atoms with Crippen LogP contribution in [-0.4, -0.2) is 24.7 Å². The van der Waals surface area contributed by atoms with Crippen LogP contribution in [0.1, 0.15) is 5.82 Å². The molecule has 0 saturated heterocycles. The highest BCUT2D eigenvalue weighted by atomic mass is 16.1. The molecule has 0 atom stereocenters. The second-order valence-electron chi connectivity index (χ2n) is 2.59. The third kappa shape index (κ3) is 1.42. The van der Waals surface area contributed by atoms with Crippen LogP contribution in [0, 0.1) is 11.3 Å². The Bertz CT molecular complexity index is 590. The fourth-order valence-corrected chi connectivity index (χ4v) is 1.000. The molecule has 0 aliphatic rings. The number of aromatic amines is 1. The van der Waals surface area contributed by atoms with Crippen molar-refractivity contribution in [3.05, 3.63) is 28.8 Å². The molecule has 0 saturated carbocycles. The van der Waals surface area contributed by atoms with Gasteiger partial charge in [0, 0.05) is 0 Å². The first-order valence-corrected chi connectivity index (χ1v) is 3.87. The number of nitrogens with two attached hydrogens (primary N) is 1. The Labute approximate surface area is 83.0 Å². The van der Waals surface area contributed by atoms with Gasteiger partial charge < -0.3 is 10.7 Å². The van der Waals surface area contributed by atoms with E-state index in [1.807, 2.05) is 0 Å². The van der Waals surface area contributed by atoms with Gasteiger partial charge in [-0.2, -0.15) is 9.94 Å². The minimum atomic E-state index is -0.464. The lowest BCUT2D eigenvalue weighted by atomic mass is 10.5. The number of nitrogens with zero attached hydrogens (tertiary/aromatic N) is 5. The van der Waals surface area contributed by atoms with Gasteiger partial charge in [0.1, 0.15) is 18.1 Å². The number of nitrogens with one attached hydrogen (secondary N) is 1. The van der Waals surface area contributed by atoms with E-state index in [4.69, 9.17) is 11.0 Å². The molecule has 2 rings (SSSR count). The maximum Gasteiger partial charge on any atom is 0.276 e. The summed E-state index contributed by atoms with van der Waals surface area (Å²) in [5.41, 5.74) is 4.95. The van der Waals surface area contributed by atoms with Crippen LogP contribution in [0.5, 0.6) is 0 Å². The van der Waals surface area contributed by atoms with Gasteiger partial charge in [-0.15, -0.1) is 5.10 Å². The van der Waals surface area contributed by atoms with Crippen molar-refractivity contribution in [2.45, 2.75) is 0 Å². The van der Waals surface area contributed by atoms with Crippen LogP contribution < -0.4 is 11.3 Å². The molecule has 2 aromatic rings.